The Kier molecular flexibility index (Phi) is 4.19. The lowest BCUT2D eigenvalue weighted by Crippen LogP contribution is -2.04. The molecule has 1 fully saturated rings. The predicted octanol–water partition coefficient (Wildman–Crippen LogP) is 3.73. The summed E-state index contributed by atoms with van der Waals surface area (Å²) in [4.78, 5) is 0. The summed E-state index contributed by atoms with van der Waals surface area (Å²) in [6.07, 6.45) is -4.40. The van der Waals surface area contributed by atoms with Gasteiger partial charge in [-0.3, -0.25) is 0 Å². The first-order valence-corrected chi connectivity index (χ1v) is 6.57. The highest BCUT2D eigenvalue weighted by Crippen LogP contribution is 2.33. The number of hydrogen-bond acceptors (Lipinski definition) is 3. The number of alkyl halides is 3. The lowest BCUT2D eigenvalue weighted by Gasteiger charge is -1.98. The summed E-state index contributed by atoms with van der Waals surface area (Å²) >= 11 is 1.96. The number of nitrogens with one attached hydrogen (secondary N) is 1. The van der Waals surface area contributed by atoms with Crippen LogP contribution in [0.2, 0.25) is 0 Å². The molecule has 3 rings (SSSR count). The molecule has 1 aliphatic heterocycles. The summed E-state index contributed by atoms with van der Waals surface area (Å²) in [6.45, 7) is 1.21. The van der Waals surface area contributed by atoms with Crippen molar-refractivity contribution in [2.45, 2.75) is 6.18 Å². The second kappa shape index (κ2) is 5.67. The molecule has 1 aromatic heterocycles. The maximum absolute atomic E-state index is 12.1. The molecule has 0 radical (unpaired) electrons. The first kappa shape index (κ1) is 13.3. The van der Waals surface area contributed by atoms with Crippen molar-refractivity contribution in [2.24, 2.45) is 0 Å². The van der Waals surface area contributed by atoms with Gasteiger partial charge in [0.25, 0.3) is 0 Å². The molecule has 2 aromatic rings. The SMILES string of the molecule is C1CSCN1.FC(F)(F)c1cc2ccccc2o1. The van der Waals surface area contributed by atoms with Crippen LogP contribution in [0.25, 0.3) is 11.0 Å². The molecule has 1 aromatic carbocycles. The van der Waals surface area contributed by atoms with Gasteiger partial charge in [0.2, 0.25) is 5.76 Å². The number of rotatable bonds is 0. The van der Waals surface area contributed by atoms with Crippen LogP contribution in [-0.2, 0) is 6.18 Å². The normalized spacial score (nSPS) is 15.5. The molecule has 18 heavy (non-hydrogen) atoms. The third-order valence-corrected chi connectivity index (χ3v) is 3.23. The van der Waals surface area contributed by atoms with Crippen LogP contribution in [0.5, 0.6) is 0 Å². The lowest BCUT2D eigenvalue weighted by molar-refractivity contribution is -0.152. The Morgan fingerprint density at radius 3 is 2.50 bits per heavy atom. The Morgan fingerprint density at radius 2 is 2.00 bits per heavy atom. The van der Waals surface area contributed by atoms with Gasteiger partial charge in [0.15, 0.2) is 0 Å². The third-order valence-electron chi connectivity index (χ3n) is 2.33. The topological polar surface area (TPSA) is 25.2 Å². The minimum Gasteiger partial charge on any atom is -0.452 e. The summed E-state index contributed by atoms with van der Waals surface area (Å²) < 4.78 is 41.0. The molecule has 0 atom stereocenters. The Morgan fingerprint density at radius 1 is 1.22 bits per heavy atom. The number of benzene rings is 1. The maximum atomic E-state index is 12.1. The van der Waals surface area contributed by atoms with E-state index in [2.05, 4.69) is 9.73 Å². The first-order valence-electron chi connectivity index (χ1n) is 5.41. The minimum absolute atomic E-state index is 0.259. The molecule has 1 N–H and O–H groups in total. The van der Waals surface area contributed by atoms with Crippen molar-refractivity contribution in [1.82, 2.24) is 5.32 Å². The summed E-state index contributed by atoms with van der Waals surface area (Å²) in [5.74, 6) is 1.52. The Labute approximate surface area is 107 Å². The van der Waals surface area contributed by atoms with E-state index in [0.717, 1.165) is 6.07 Å². The van der Waals surface area contributed by atoms with Gasteiger partial charge in [0.05, 0.1) is 0 Å². The van der Waals surface area contributed by atoms with Gasteiger partial charge in [-0.25, -0.2) is 0 Å². The Hall–Kier alpha value is -1.14. The van der Waals surface area contributed by atoms with E-state index >= 15 is 0 Å². The van der Waals surface area contributed by atoms with Crippen molar-refractivity contribution in [3.8, 4) is 0 Å². The van der Waals surface area contributed by atoms with Crippen molar-refractivity contribution in [2.75, 3.05) is 18.2 Å². The monoisotopic (exact) mass is 275 g/mol. The number of hydrogen-bond donors (Lipinski definition) is 1. The van der Waals surface area contributed by atoms with Crippen LogP contribution in [0.15, 0.2) is 34.7 Å². The van der Waals surface area contributed by atoms with Crippen molar-refractivity contribution in [1.29, 1.82) is 0 Å². The van der Waals surface area contributed by atoms with E-state index < -0.39 is 11.9 Å². The summed E-state index contributed by atoms with van der Waals surface area (Å²) in [6, 6.07) is 7.37. The van der Waals surface area contributed by atoms with Crippen LogP contribution in [-0.4, -0.2) is 18.2 Å². The average Bonchev–Trinajstić information content (AvgIpc) is 3.01. The average molecular weight is 275 g/mol. The van der Waals surface area contributed by atoms with Gasteiger partial charge in [-0.2, -0.15) is 13.2 Å². The highest BCUT2D eigenvalue weighted by atomic mass is 32.2. The first-order chi connectivity index (χ1) is 8.57. The van der Waals surface area contributed by atoms with Crippen LogP contribution in [0.4, 0.5) is 13.2 Å². The minimum atomic E-state index is -4.40. The van der Waals surface area contributed by atoms with Crippen molar-refractivity contribution in [3.63, 3.8) is 0 Å². The zero-order chi connectivity index (χ0) is 13.0. The van der Waals surface area contributed by atoms with Crippen LogP contribution >= 0.6 is 11.8 Å². The fourth-order valence-corrected chi connectivity index (χ4v) is 2.20. The summed E-state index contributed by atoms with van der Waals surface area (Å²) in [5.41, 5.74) is 0.259. The number of thioether (sulfide) groups is 1. The largest absolute Gasteiger partial charge is 0.452 e. The standard InChI is InChI=1S/C9H5F3O.C3H7NS/c10-9(11,12)8-5-6-3-1-2-4-7(6)13-8;1-2-5-3-4-1/h1-5H;4H,1-3H2. The van der Waals surface area contributed by atoms with E-state index in [1.165, 1.54) is 24.2 Å². The summed E-state index contributed by atoms with van der Waals surface area (Å²) in [5, 5.41) is 3.65. The van der Waals surface area contributed by atoms with E-state index in [0.29, 0.717) is 5.39 Å². The van der Waals surface area contributed by atoms with Crippen molar-refractivity contribution in [3.05, 3.63) is 36.1 Å². The van der Waals surface area contributed by atoms with Gasteiger partial charge < -0.3 is 9.73 Å². The van der Waals surface area contributed by atoms with Gasteiger partial charge in [-0.15, -0.1) is 11.8 Å². The highest BCUT2D eigenvalue weighted by Gasteiger charge is 2.34. The second-order valence-electron chi connectivity index (χ2n) is 3.70. The van der Waals surface area contributed by atoms with Gasteiger partial charge in [0.1, 0.15) is 5.58 Å². The Balaban J connectivity index is 0.000000202. The van der Waals surface area contributed by atoms with E-state index in [1.807, 2.05) is 11.8 Å². The molecule has 0 amide bonds. The van der Waals surface area contributed by atoms with Crippen LogP contribution in [0.1, 0.15) is 5.76 Å². The van der Waals surface area contributed by atoms with E-state index in [-0.39, 0.29) is 5.58 Å². The van der Waals surface area contributed by atoms with Gasteiger partial charge >= 0.3 is 6.18 Å². The smallest absolute Gasteiger partial charge is 0.449 e. The zero-order valence-electron chi connectivity index (χ0n) is 9.46. The molecule has 0 aliphatic carbocycles. The molecule has 1 saturated heterocycles. The van der Waals surface area contributed by atoms with E-state index in [9.17, 15) is 13.2 Å². The molecule has 0 spiro atoms. The predicted molar refractivity (Wildman–Crippen MR) is 66.5 cm³/mol. The number of fused-ring (bicyclic) bond motifs is 1. The molecule has 98 valence electrons. The van der Waals surface area contributed by atoms with Crippen molar-refractivity contribution >= 4 is 22.7 Å². The van der Waals surface area contributed by atoms with Crippen LogP contribution in [0.3, 0.4) is 0 Å². The molecular formula is C12H12F3NOS. The fraction of sp³-hybridized carbons (Fsp3) is 0.333. The molecule has 0 bridgehead atoms. The quantitative estimate of drug-likeness (QED) is 0.793. The molecule has 0 saturated carbocycles. The second-order valence-corrected chi connectivity index (χ2v) is 4.80. The number of furan rings is 1. The summed E-state index contributed by atoms with van der Waals surface area (Å²) in [7, 11) is 0. The highest BCUT2D eigenvalue weighted by molar-refractivity contribution is 7.99. The van der Waals surface area contributed by atoms with E-state index in [1.54, 1.807) is 18.2 Å². The lowest BCUT2D eigenvalue weighted by atomic mass is 10.2. The number of halogens is 3. The van der Waals surface area contributed by atoms with Gasteiger partial charge in [0, 0.05) is 23.6 Å². The molecular weight excluding hydrogens is 263 g/mol. The van der Waals surface area contributed by atoms with E-state index in [4.69, 9.17) is 0 Å². The van der Waals surface area contributed by atoms with Gasteiger partial charge in [-0.05, 0) is 12.1 Å². The van der Waals surface area contributed by atoms with Crippen molar-refractivity contribution < 1.29 is 17.6 Å². The number of para-hydroxylation sites is 1. The third kappa shape index (κ3) is 3.43. The zero-order valence-corrected chi connectivity index (χ0v) is 10.3. The molecule has 0 unspecified atom stereocenters. The van der Waals surface area contributed by atoms with Crippen LogP contribution in [0, 0.1) is 0 Å². The van der Waals surface area contributed by atoms with Gasteiger partial charge in [-0.1, -0.05) is 18.2 Å². The Bertz CT molecular complexity index is 465. The molecule has 2 heterocycles. The fourth-order valence-electron chi connectivity index (χ4n) is 1.48. The maximum Gasteiger partial charge on any atom is 0.449 e. The molecule has 1 aliphatic rings. The molecule has 2 nitrogen and oxygen atoms in total. The molecule has 6 heteroatoms. The van der Waals surface area contributed by atoms with Crippen LogP contribution < -0.4 is 5.32 Å².